The van der Waals surface area contributed by atoms with Crippen molar-refractivity contribution in [3.8, 4) is 0 Å². The summed E-state index contributed by atoms with van der Waals surface area (Å²) < 4.78 is -1.20. The van der Waals surface area contributed by atoms with Crippen molar-refractivity contribution in [2.75, 3.05) is 18.9 Å². The number of nitrogens with two attached hydrogens (primary N) is 1. The first kappa shape index (κ1) is 20.5. The molecule has 2 aromatic rings. The van der Waals surface area contributed by atoms with Gasteiger partial charge < -0.3 is 5.73 Å². The Hall–Kier alpha value is -0.561. The summed E-state index contributed by atoms with van der Waals surface area (Å²) in [6.45, 7) is 3.94. The molecular weight excluding hydrogens is 384 g/mol. The fraction of sp³-hybridized carbons (Fsp3) is 0.263. The minimum atomic E-state index is -1.20. The molecule has 0 aromatic heterocycles. The molecule has 0 amide bonds. The van der Waals surface area contributed by atoms with Crippen molar-refractivity contribution in [1.82, 2.24) is 0 Å². The van der Waals surface area contributed by atoms with Gasteiger partial charge in [-0.05, 0) is 0 Å². The van der Waals surface area contributed by atoms with Crippen LogP contribution in [0.25, 0.3) is 0 Å². The first-order valence-corrected chi connectivity index (χ1v) is 13.3. The summed E-state index contributed by atoms with van der Waals surface area (Å²) in [6, 6.07) is 21.4. The van der Waals surface area contributed by atoms with Crippen LogP contribution in [0.4, 0.5) is 0 Å². The molecule has 0 aliphatic rings. The number of hydrogen-bond donors (Lipinski definition) is 2. The molecule has 1 nitrogen and oxygen atoms in total. The van der Waals surface area contributed by atoms with Gasteiger partial charge in [0.1, 0.15) is 0 Å². The van der Waals surface area contributed by atoms with Crippen molar-refractivity contribution in [2.45, 2.75) is 12.8 Å². The Morgan fingerprint density at radius 2 is 1.26 bits per heavy atom. The quantitative estimate of drug-likeness (QED) is 0.298. The number of aryl methyl sites for hydroxylation is 2. The van der Waals surface area contributed by atoms with Gasteiger partial charge in [-0.25, -0.2) is 0 Å². The molecule has 0 spiro atoms. The van der Waals surface area contributed by atoms with E-state index in [4.69, 9.17) is 18.0 Å². The molecular formula is C19H26NPSSe. The summed E-state index contributed by atoms with van der Waals surface area (Å²) in [7, 11) is 0. The van der Waals surface area contributed by atoms with Crippen molar-refractivity contribution in [3.05, 3.63) is 84.4 Å². The standard InChI is InChI=1S/C16H19PSSe.C3H7N/c18-17(19,13-11-15-7-3-1-4-8-15)14-12-16-9-5-2-6-10-16;1-2-3-4/h1-10H,11-14H2,(H,18,19);2H,1,3-4H2. The Labute approximate surface area is 153 Å². The zero-order valence-corrected chi connectivity index (χ0v) is 17.0. The molecule has 0 atom stereocenters. The molecule has 0 radical (unpaired) electrons. The SMILES string of the molecule is C=CCN.SP(=[Se])(CCc1ccccc1)CCc1ccccc1. The van der Waals surface area contributed by atoms with E-state index in [-0.39, 0.29) is 0 Å². The van der Waals surface area contributed by atoms with Crippen molar-refractivity contribution >= 4 is 32.1 Å². The molecule has 0 bridgehead atoms. The molecule has 0 aliphatic heterocycles. The predicted molar refractivity (Wildman–Crippen MR) is 111 cm³/mol. The van der Waals surface area contributed by atoms with E-state index >= 15 is 0 Å². The van der Waals surface area contributed by atoms with E-state index in [2.05, 4.69) is 82.3 Å². The summed E-state index contributed by atoms with van der Waals surface area (Å²) in [5.74, 6) is 0. The number of hydrogen-bond acceptors (Lipinski definition) is 2. The van der Waals surface area contributed by atoms with Gasteiger partial charge in [0.2, 0.25) is 0 Å². The second-order valence-corrected chi connectivity index (χ2v) is 16.4. The fourth-order valence-corrected chi connectivity index (χ4v) is 5.20. The van der Waals surface area contributed by atoms with E-state index in [0.29, 0.717) is 6.54 Å². The molecule has 0 saturated carbocycles. The molecule has 0 saturated heterocycles. The van der Waals surface area contributed by atoms with Gasteiger partial charge in [0.25, 0.3) is 0 Å². The summed E-state index contributed by atoms with van der Waals surface area (Å²) in [6.07, 6.45) is 6.25. The van der Waals surface area contributed by atoms with E-state index in [1.165, 1.54) is 23.5 Å². The molecule has 0 fully saturated rings. The first-order valence-electron chi connectivity index (χ1n) is 7.77. The Kier molecular flexibility index (Phi) is 10.6. The monoisotopic (exact) mass is 411 g/mol. The molecule has 124 valence electrons. The van der Waals surface area contributed by atoms with Gasteiger partial charge >= 0.3 is 129 Å². The van der Waals surface area contributed by atoms with Gasteiger partial charge in [-0.15, -0.1) is 6.58 Å². The van der Waals surface area contributed by atoms with Crippen molar-refractivity contribution in [1.29, 1.82) is 0 Å². The average Bonchev–Trinajstić information content (AvgIpc) is 2.60. The van der Waals surface area contributed by atoms with Crippen LogP contribution in [0.2, 0.25) is 0 Å². The Balaban J connectivity index is 0.000000593. The molecule has 23 heavy (non-hydrogen) atoms. The van der Waals surface area contributed by atoms with Crippen LogP contribution in [0.1, 0.15) is 11.1 Å². The van der Waals surface area contributed by atoms with Gasteiger partial charge in [-0.2, -0.15) is 0 Å². The van der Waals surface area contributed by atoms with Crippen LogP contribution in [0.3, 0.4) is 0 Å². The first-order chi connectivity index (χ1) is 11.1. The van der Waals surface area contributed by atoms with E-state index in [0.717, 1.165) is 12.8 Å². The molecule has 0 heterocycles. The Bertz CT molecular complexity index is 554. The molecule has 0 unspecified atom stereocenters. The minimum absolute atomic E-state index is 0.583. The number of thiol groups is 1. The zero-order chi connectivity index (χ0) is 17.0. The maximum atomic E-state index is 4.91. The van der Waals surface area contributed by atoms with Gasteiger partial charge in [0.05, 0.1) is 0 Å². The Morgan fingerprint density at radius 3 is 1.57 bits per heavy atom. The van der Waals surface area contributed by atoms with E-state index < -0.39 is 4.71 Å². The van der Waals surface area contributed by atoms with Crippen LogP contribution >= 0.6 is 17.0 Å². The summed E-state index contributed by atoms with van der Waals surface area (Å²) in [5, 5.41) is 0. The van der Waals surface area contributed by atoms with Crippen molar-refractivity contribution < 1.29 is 0 Å². The van der Waals surface area contributed by atoms with Crippen LogP contribution < -0.4 is 5.73 Å². The third kappa shape index (κ3) is 10.0. The van der Waals surface area contributed by atoms with Crippen molar-refractivity contribution in [3.63, 3.8) is 0 Å². The average molecular weight is 410 g/mol. The number of rotatable bonds is 7. The second-order valence-electron chi connectivity index (χ2n) is 5.29. The van der Waals surface area contributed by atoms with Crippen LogP contribution in [0, 0.1) is 0 Å². The molecule has 2 aromatic carbocycles. The molecule has 0 aliphatic carbocycles. The van der Waals surface area contributed by atoms with Crippen LogP contribution in [-0.4, -0.2) is 34.0 Å². The van der Waals surface area contributed by atoms with Gasteiger partial charge in [0, 0.05) is 6.54 Å². The summed E-state index contributed by atoms with van der Waals surface area (Å²) >= 11 is 8.27. The van der Waals surface area contributed by atoms with Gasteiger partial charge in [-0.1, -0.05) is 6.08 Å². The van der Waals surface area contributed by atoms with Gasteiger partial charge in [0.15, 0.2) is 0 Å². The van der Waals surface area contributed by atoms with Crippen LogP contribution in [0.15, 0.2) is 73.3 Å². The zero-order valence-electron chi connectivity index (χ0n) is 13.5. The maximum absolute atomic E-state index is 4.91. The Morgan fingerprint density at radius 1 is 0.913 bits per heavy atom. The molecule has 2 rings (SSSR count). The van der Waals surface area contributed by atoms with Crippen molar-refractivity contribution in [2.24, 2.45) is 5.73 Å². The third-order valence-corrected chi connectivity index (χ3v) is 8.70. The summed E-state index contributed by atoms with van der Waals surface area (Å²) in [4.78, 5) is 0. The van der Waals surface area contributed by atoms with Crippen LogP contribution in [-0.2, 0) is 12.8 Å². The molecule has 2 N–H and O–H groups in total. The fourth-order valence-electron chi connectivity index (χ4n) is 2.01. The van der Waals surface area contributed by atoms with Gasteiger partial charge in [-0.3, -0.25) is 0 Å². The van der Waals surface area contributed by atoms with E-state index in [9.17, 15) is 0 Å². The second kappa shape index (κ2) is 11.9. The van der Waals surface area contributed by atoms with Crippen LogP contribution in [0.5, 0.6) is 0 Å². The van der Waals surface area contributed by atoms with E-state index in [1.807, 2.05) is 0 Å². The predicted octanol–water partition coefficient (Wildman–Crippen LogP) is 4.55. The normalized spacial score (nSPS) is 10.5. The number of benzene rings is 2. The summed E-state index contributed by atoms with van der Waals surface area (Å²) in [5.41, 5.74) is 7.74. The topological polar surface area (TPSA) is 26.0 Å². The van der Waals surface area contributed by atoms with E-state index in [1.54, 1.807) is 6.08 Å². The third-order valence-electron chi connectivity index (χ3n) is 3.35. The molecule has 4 heteroatoms.